The zero-order valence-corrected chi connectivity index (χ0v) is 9.12. The SMILES string of the molecule is CCCN(CC(=O)O)C(=O)C(C)CC. The average Bonchev–Trinajstić information content (AvgIpc) is 2.14. The second kappa shape index (κ2) is 6.40. The maximum Gasteiger partial charge on any atom is 0.323 e. The molecule has 0 aromatic heterocycles. The second-order valence-corrected chi connectivity index (χ2v) is 3.46. The Morgan fingerprint density at radius 2 is 1.93 bits per heavy atom. The fraction of sp³-hybridized carbons (Fsp3) is 0.800. The van der Waals surface area contributed by atoms with E-state index in [1.165, 1.54) is 4.90 Å². The second-order valence-electron chi connectivity index (χ2n) is 3.46. The summed E-state index contributed by atoms with van der Waals surface area (Å²) in [5.74, 6) is -1.09. The predicted octanol–water partition coefficient (Wildman–Crippen LogP) is 1.36. The van der Waals surface area contributed by atoms with Gasteiger partial charge in [-0.1, -0.05) is 20.8 Å². The third kappa shape index (κ3) is 4.25. The summed E-state index contributed by atoms with van der Waals surface area (Å²) in [6.45, 7) is 6.02. The van der Waals surface area contributed by atoms with E-state index in [0.29, 0.717) is 6.54 Å². The molecule has 0 aliphatic rings. The molecule has 0 aromatic carbocycles. The number of carboxylic acid groups (broad SMARTS) is 1. The monoisotopic (exact) mass is 201 g/mol. The Bertz CT molecular complexity index is 204. The molecule has 0 aromatic rings. The van der Waals surface area contributed by atoms with Gasteiger partial charge in [0.05, 0.1) is 0 Å². The summed E-state index contributed by atoms with van der Waals surface area (Å²) in [6.07, 6.45) is 1.54. The molecule has 0 saturated heterocycles. The summed E-state index contributed by atoms with van der Waals surface area (Å²) in [5, 5.41) is 8.62. The van der Waals surface area contributed by atoms with Crippen molar-refractivity contribution in [2.45, 2.75) is 33.6 Å². The number of hydrogen-bond donors (Lipinski definition) is 1. The number of carboxylic acids is 1. The van der Waals surface area contributed by atoms with Crippen molar-refractivity contribution in [2.24, 2.45) is 5.92 Å². The third-order valence-electron chi connectivity index (χ3n) is 2.17. The van der Waals surface area contributed by atoms with Gasteiger partial charge in [-0.15, -0.1) is 0 Å². The van der Waals surface area contributed by atoms with E-state index in [-0.39, 0.29) is 18.4 Å². The lowest BCUT2D eigenvalue weighted by Crippen LogP contribution is -2.39. The zero-order valence-electron chi connectivity index (χ0n) is 9.12. The third-order valence-corrected chi connectivity index (χ3v) is 2.17. The lowest BCUT2D eigenvalue weighted by atomic mass is 10.1. The quantitative estimate of drug-likeness (QED) is 0.705. The highest BCUT2D eigenvalue weighted by Gasteiger charge is 2.20. The Hall–Kier alpha value is -1.06. The molecule has 0 fully saturated rings. The van der Waals surface area contributed by atoms with Gasteiger partial charge in [-0.2, -0.15) is 0 Å². The number of nitrogens with zero attached hydrogens (tertiary/aromatic N) is 1. The standard InChI is InChI=1S/C10H19NO3/c1-4-6-11(7-9(12)13)10(14)8(3)5-2/h8H,4-7H2,1-3H3,(H,12,13). The van der Waals surface area contributed by atoms with Crippen molar-refractivity contribution in [1.29, 1.82) is 0 Å². The predicted molar refractivity (Wildman–Crippen MR) is 54.0 cm³/mol. The molecule has 82 valence electrons. The van der Waals surface area contributed by atoms with Gasteiger partial charge in [0.1, 0.15) is 6.54 Å². The van der Waals surface area contributed by atoms with Crippen LogP contribution in [0.15, 0.2) is 0 Å². The van der Waals surface area contributed by atoms with Crippen LogP contribution in [0.3, 0.4) is 0 Å². The molecule has 1 atom stereocenters. The number of aliphatic carboxylic acids is 1. The summed E-state index contributed by atoms with van der Waals surface area (Å²) >= 11 is 0. The number of carbonyl (C=O) groups excluding carboxylic acids is 1. The van der Waals surface area contributed by atoms with Gasteiger partial charge in [0.15, 0.2) is 0 Å². The van der Waals surface area contributed by atoms with Gasteiger partial charge in [-0.05, 0) is 12.8 Å². The van der Waals surface area contributed by atoms with Crippen molar-refractivity contribution >= 4 is 11.9 Å². The number of rotatable bonds is 6. The van der Waals surface area contributed by atoms with Gasteiger partial charge in [0.25, 0.3) is 0 Å². The van der Waals surface area contributed by atoms with Gasteiger partial charge < -0.3 is 10.0 Å². The molecular formula is C10H19NO3. The molecule has 1 N–H and O–H groups in total. The van der Waals surface area contributed by atoms with E-state index in [4.69, 9.17) is 5.11 Å². The van der Waals surface area contributed by atoms with Crippen molar-refractivity contribution in [1.82, 2.24) is 4.90 Å². The van der Waals surface area contributed by atoms with Gasteiger partial charge in [-0.3, -0.25) is 9.59 Å². The maximum atomic E-state index is 11.7. The highest BCUT2D eigenvalue weighted by atomic mass is 16.4. The number of amides is 1. The molecular weight excluding hydrogens is 182 g/mol. The Morgan fingerprint density at radius 3 is 2.29 bits per heavy atom. The fourth-order valence-electron chi connectivity index (χ4n) is 1.19. The first-order chi connectivity index (χ1) is 6.52. The minimum absolute atomic E-state index is 0.0586. The smallest absolute Gasteiger partial charge is 0.323 e. The van der Waals surface area contributed by atoms with Crippen LogP contribution in [0, 0.1) is 5.92 Å². The molecule has 4 heteroatoms. The average molecular weight is 201 g/mol. The minimum Gasteiger partial charge on any atom is -0.480 e. The normalized spacial score (nSPS) is 12.2. The van der Waals surface area contributed by atoms with Gasteiger partial charge >= 0.3 is 5.97 Å². The van der Waals surface area contributed by atoms with Crippen molar-refractivity contribution in [2.75, 3.05) is 13.1 Å². The summed E-state index contributed by atoms with van der Waals surface area (Å²) < 4.78 is 0. The first kappa shape index (κ1) is 12.9. The van der Waals surface area contributed by atoms with Gasteiger partial charge in [-0.25, -0.2) is 0 Å². The lowest BCUT2D eigenvalue weighted by molar-refractivity contribution is -0.146. The molecule has 0 bridgehead atoms. The van der Waals surface area contributed by atoms with Crippen LogP contribution >= 0.6 is 0 Å². The molecule has 1 amide bonds. The van der Waals surface area contributed by atoms with Crippen LogP contribution < -0.4 is 0 Å². The van der Waals surface area contributed by atoms with E-state index in [9.17, 15) is 9.59 Å². The van der Waals surface area contributed by atoms with Gasteiger partial charge in [0, 0.05) is 12.5 Å². The number of carbonyl (C=O) groups is 2. The van der Waals surface area contributed by atoms with E-state index in [2.05, 4.69) is 0 Å². The van der Waals surface area contributed by atoms with Crippen LogP contribution in [0.4, 0.5) is 0 Å². The zero-order chi connectivity index (χ0) is 11.1. The van der Waals surface area contributed by atoms with Crippen LogP contribution in [-0.2, 0) is 9.59 Å². The first-order valence-corrected chi connectivity index (χ1v) is 5.03. The topological polar surface area (TPSA) is 57.6 Å². The highest BCUT2D eigenvalue weighted by molar-refractivity contribution is 5.82. The van der Waals surface area contributed by atoms with Crippen LogP contribution in [0.2, 0.25) is 0 Å². The van der Waals surface area contributed by atoms with Crippen molar-refractivity contribution in [3.63, 3.8) is 0 Å². The molecule has 0 aliphatic carbocycles. The van der Waals surface area contributed by atoms with Crippen LogP contribution in [-0.4, -0.2) is 35.0 Å². The molecule has 1 unspecified atom stereocenters. The van der Waals surface area contributed by atoms with Crippen LogP contribution in [0.1, 0.15) is 33.6 Å². The van der Waals surface area contributed by atoms with E-state index < -0.39 is 5.97 Å². The Balaban J connectivity index is 4.31. The van der Waals surface area contributed by atoms with Gasteiger partial charge in [0.2, 0.25) is 5.91 Å². The van der Waals surface area contributed by atoms with E-state index in [1.807, 2.05) is 20.8 Å². The molecule has 0 heterocycles. The minimum atomic E-state index is -0.949. The van der Waals surface area contributed by atoms with Crippen molar-refractivity contribution in [3.8, 4) is 0 Å². The summed E-state index contributed by atoms with van der Waals surface area (Å²) in [7, 11) is 0. The molecule has 0 radical (unpaired) electrons. The van der Waals surface area contributed by atoms with E-state index >= 15 is 0 Å². The van der Waals surface area contributed by atoms with Crippen molar-refractivity contribution < 1.29 is 14.7 Å². The lowest BCUT2D eigenvalue weighted by Gasteiger charge is -2.22. The Morgan fingerprint density at radius 1 is 1.36 bits per heavy atom. The Labute approximate surface area is 84.9 Å². The molecule has 0 spiro atoms. The van der Waals surface area contributed by atoms with Crippen LogP contribution in [0.5, 0.6) is 0 Å². The molecule has 0 aliphatic heterocycles. The molecule has 4 nitrogen and oxygen atoms in total. The molecule has 0 saturated carbocycles. The number of hydrogen-bond acceptors (Lipinski definition) is 2. The molecule has 14 heavy (non-hydrogen) atoms. The highest BCUT2D eigenvalue weighted by Crippen LogP contribution is 2.07. The first-order valence-electron chi connectivity index (χ1n) is 5.03. The Kier molecular flexibility index (Phi) is 5.92. The van der Waals surface area contributed by atoms with Crippen LogP contribution in [0.25, 0.3) is 0 Å². The largest absolute Gasteiger partial charge is 0.480 e. The summed E-state index contributed by atoms with van der Waals surface area (Å²) in [5.41, 5.74) is 0. The fourth-order valence-corrected chi connectivity index (χ4v) is 1.19. The maximum absolute atomic E-state index is 11.7. The molecule has 0 rings (SSSR count). The van der Waals surface area contributed by atoms with E-state index in [1.54, 1.807) is 0 Å². The summed E-state index contributed by atoms with van der Waals surface area (Å²) in [6, 6.07) is 0. The van der Waals surface area contributed by atoms with Crippen molar-refractivity contribution in [3.05, 3.63) is 0 Å². The summed E-state index contributed by atoms with van der Waals surface area (Å²) in [4.78, 5) is 23.6. The van der Waals surface area contributed by atoms with E-state index in [0.717, 1.165) is 12.8 Å².